The summed E-state index contributed by atoms with van der Waals surface area (Å²) < 4.78 is 2.03. The van der Waals surface area contributed by atoms with Gasteiger partial charge in [0.2, 0.25) is 5.91 Å². The van der Waals surface area contributed by atoms with E-state index in [1.54, 1.807) is 0 Å². The maximum absolute atomic E-state index is 13.1. The zero-order chi connectivity index (χ0) is 16.1. The van der Waals surface area contributed by atoms with Crippen molar-refractivity contribution >= 4 is 5.91 Å². The molecule has 1 saturated heterocycles. The third-order valence-corrected chi connectivity index (χ3v) is 6.63. The first-order valence-electron chi connectivity index (χ1n) is 9.94. The Morgan fingerprint density at radius 3 is 2.71 bits per heavy atom. The van der Waals surface area contributed by atoms with E-state index in [2.05, 4.69) is 21.4 Å². The van der Waals surface area contributed by atoms with Crippen molar-refractivity contribution in [2.75, 3.05) is 13.1 Å². The monoisotopic (exact) mass is 328 g/mol. The number of amides is 1. The number of rotatable bonds is 5. The van der Waals surface area contributed by atoms with Gasteiger partial charge in [-0.05, 0) is 63.2 Å². The van der Waals surface area contributed by atoms with E-state index >= 15 is 0 Å². The topological polar surface area (TPSA) is 51.0 Å². The molecule has 1 atom stereocenters. The molecule has 1 unspecified atom stereocenters. The number of likely N-dealkylation sites (tertiary alicyclic amines) is 1. The maximum Gasteiger partial charge on any atom is 0.229 e. The Balaban J connectivity index is 1.25. The molecule has 1 aliphatic heterocycles. The molecule has 0 bridgehead atoms. The highest BCUT2D eigenvalue weighted by Gasteiger charge is 2.60. The van der Waals surface area contributed by atoms with E-state index in [9.17, 15) is 4.79 Å². The summed E-state index contributed by atoms with van der Waals surface area (Å²) in [6, 6.07) is 0. The molecule has 0 radical (unpaired) electrons. The first-order chi connectivity index (χ1) is 11.7. The highest BCUT2D eigenvalue weighted by Crippen LogP contribution is 2.62. The molecule has 4 fully saturated rings. The number of carbonyl (C=O) groups is 1. The lowest BCUT2D eigenvalue weighted by molar-refractivity contribution is -0.138. The summed E-state index contributed by atoms with van der Waals surface area (Å²) in [6.45, 7) is 2.81. The maximum atomic E-state index is 13.1. The fourth-order valence-electron chi connectivity index (χ4n) is 4.68. The molecule has 5 rings (SSSR count). The number of hydrogen-bond acceptors (Lipinski definition) is 3. The smallest absolute Gasteiger partial charge is 0.229 e. The molecular formula is C19H28N4O. The zero-order valence-electron chi connectivity index (χ0n) is 14.5. The summed E-state index contributed by atoms with van der Waals surface area (Å²) in [6.07, 6.45) is 13.1. The summed E-state index contributed by atoms with van der Waals surface area (Å²) in [4.78, 5) is 15.3. The van der Waals surface area contributed by atoms with Gasteiger partial charge in [0.25, 0.3) is 0 Å². The highest BCUT2D eigenvalue weighted by molar-refractivity contribution is 5.86. The van der Waals surface area contributed by atoms with Crippen LogP contribution < -0.4 is 0 Å². The van der Waals surface area contributed by atoms with Gasteiger partial charge in [-0.1, -0.05) is 11.6 Å². The van der Waals surface area contributed by atoms with Crippen molar-refractivity contribution in [3.63, 3.8) is 0 Å². The Kier molecular flexibility index (Phi) is 3.46. The number of nitrogens with zero attached hydrogens (tertiary/aromatic N) is 4. The van der Waals surface area contributed by atoms with Crippen LogP contribution in [0.2, 0.25) is 0 Å². The predicted molar refractivity (Wildman–Crippen MR) is 90.3 cm³/mol. The van der Waals surface area contributed by atoms with E-state index in [4.69, 9.17) is 0 Å². The molecule has 0 aromatic carbocycles. The second-order valence-corrected chi connectivity index (χ2v) is 8.68. The van der Waals surface area contributed by atoms with E-state index in [-0.39, 0.29) is 5.41 Å². The second kappa shape index (κ2) is 5.57. The van der Waals surface area contributed by atoms with Crippen LogP contribution in [0.4, 0.5) is 0 Å². The van der Waals surface area contributed by atoms with Gasteiger partial charge in [-0.25, -0.2) is 0 Å². The van der Waals surface area contributed by atoms with Crippen molar-refractivity contribution in [1.82, 2.24) is 19.9 Å². The second-order valence-electron chi connectivity index (χ2n) is 8.68. The Labute approximate surface area is 143 Å². The first-order valence-corrected chi connectivity index (χ1v) is 9.94. The van der Waals surface area contributed by atoms with Crippen molar-refractivity contribution in [3.8, 4) is 0 Å². The predicted octanol–water partition coefficient (Wildman–Crippen LogP) is 2.97. The normalized spacial score (nSPS) is 29.3. The summed E-state index contributed by atoms with van der Waals surface area (Å²) in [5.74, 6) is 2.39. The Morgan fingerprint density at radius 1 is 1.17 bits per heavy atom. The SMILES string of the molecule is O=C(N1CCCCC(Cn2cc(C3CC3)nn2)C1)C1(C2CC2)CC1. The van der Waals surface area contributed by atoms with Gasteiger partial charge in [0.05, 0.1) is 11.1 Å². The minimum Gasteiger partial charge on any atom is -0.342 e. The summed E-state index contributed by atoms with van der Waals surface area (Å²) in [5, 5.41) is 8.67. The Bertz CT molecular complexity index is 627. The molecular weight excluding hydrogens is 300 g/mol. The van der Waals surface area contributed by atoms with E-state index in [0.29, 0.717) is 23.7 Å². The van der Waals surface area contributed by atoms with Gasteiger partial charge in [-0.2, -0.15) is 0 Å². The lowest BCUT2D eigenvalue weighted by atomic mass is 9.97. The van der Waals surface area contributed by atoms with Crippen LogP contribution in [0.5, 0.6) is 0 Å². The number of aromatic nitrogens is 3. The van der Waals surface area contributed by atoms with Crippen LogP contribution >= 0.6 is 0 Å². The van der Waals surface area contributed by atoms with Gasteiger partial charge in [0.1, 0.15) is 0 Å². The minimum absolute atomic E-state index is 0.0707. The summed E-state index contributed by atoms with van der Waals surface area (Å²) in [7, 11) is 0. The quantitative estimate of drug-likeness (QED) is 0.835. The highest BCUT2D eigenvalue weighted by atomic mass is 16.2. The Hall–Kier alpha value is -1.39. The molecule has 24 heavy (non-hydrogen) atoms. The van der Waals surface area contributed by atoms with E-state index in [1.165, 1.54) is 44.2 Å². The van der Waals surface area contributed by atoms with Crippen molar-refractivity contribution < 1.29 is 4.79 Å². The molecule has 2 heterocycles. The van der Waals surface area contributed by atoms with Crippen molar-refractivity contribution in [2.24, 2.45) is 17.3 Å². The Morgan fingerprint density at radius 2 is 2.00 bits per heavy atom. The molecule has 1 aromatic heterocycles. The van der Waals surface area contributed by atoms with Crippen LogP contribution in [0.3, 0.4) is 0 Å². The molecule has 3 saturated carbocycles. The molecule has 3 aliphatic carbocycles. The van der Waals surface area contributed by atoms with Gasteiger partial charge in [0.15, 0.2) is 0 Å². The summed E-state index contributed by atoms with van der Waals surface area (Å²) >= 11 is 0. The molecule has 4 aliphatic rings. The third-order valence-electron chi connectivity index (χ3n) is 6.63. The van der Waals surface area contributed by atoms with Gasteiger partial charge in [0, 0.05) is 31.7 Å². The van der Waals surface area contributed by atoms with Crippen molar-refractivity contribution in [1.29, 1.82) is 0 Å². The molecule has 0 N–H and O–H groups in total. The fraction of sp³-hybridized carbons (Fsp3) is 0.842. The lowest BCUT2D eigenvalue weighted by Crippen LogP contribution is -2.41. The van der Waals surface area contributed by atoms with Gasteiger partial charge in [-0.3, -0.25) is 9.48 Å². The molecule has 5 nitrogen and oxygen atoms in total. The van der Waals surface area contributed by atoms with Crippen molar-refractivity contribution in [2.45, 2.75) is 70.3 Å². The van der Waals surface area contributed by atoms with Crippen molar-refractivity contribution in [3.05, 3.63) is 11.9 Å². The van der Waals surface area contributed by atoms with E-state index < -0.39 is 0 Å². The molecule has 5 heteroatoms. The van der Waals surface area contributed by atoms with Crippen LogP contribution in [0.1, 0.15) is 69.4 Å². The fourth-order valence-corrected chi connectivity index (χ4v) is 4.68. The van der Waals surface area contributed by atoms with Crippen LogP contribution in [0.15, 0.2) is 6.20 Å². The van der Waals surface area contributed by atoms with Gasteiger partial charge in [-0.15, -0.1) is 5.10 Å². The number of carbonyl (C=O) groups excluding carboxylic acids is 1. The molecule has 0 spiro atoms. The number of hydrogen-bond donors (Lipinski definition) is 0. The van der Waals surface area contributed by atoms with Gasteiger partial charge < -0.3 is 4.90 Å². The minimum atomic E-state index is 0.0707. The third kappa shape index (κ3) is 2.76. The molecule has 1 amide bonds. The van der Waals surface area contributed by atoms with Crippen LogP contribution in [-0.2, 0) is 11.3 Å². The average molecular weight is 328 g/mol. The van der Waals surface area contributed by atoms with E-state index in [1.807, 2.05) is 4.68 Å². The standard InChI is InChI=1S/C19H28N4O/c24-18(19(8-9-19)16-6-7-16)22-10-2-1-3-14(11-22)12-23-13-17(20-21-23)15-4-5-15/h13-16H,1-12H2. The molecule has 130 valence electrons. The van der Waals surface area contributed by atoms with Crippen LogP contribution in [0.25, 0.3) is 0 Å². The van der Waals surface area contributed by atoms with Crippen LogP contribution in [0, 0.1) is 17.3 Å². The zero-order valence-corrected chi connectivity index (χ0v) is 14.5. The summed E-state index contributed by atoms with van der Waals surface area (Å²) in [5.41, 5.74) is 1.24. The van der Waals surface area contributed by atoms with Gasteiger partial charge >= 0.3 is 0 Å². The van der Waals surface area contributed by atoms with E-state index in [0.717, 1.165) is 38.9 Å². The average Bonchev–Trinajstić information content (AvgIpc) is 3.46. The van der Waals surface area contributed by atoms with Crippen LogP contribution in [-0.4, -0.2) is 38.9 Å². The molecule has 1 aromatic rings. The largest absolute Gasteiger partial charge is 0.342 e. The first kappa shape index (κ1) is 14.9. The lowest BCUT2D eigenvalue weighted by Gasteiger charge is -2.28.